The van der Waals surface area contributed by atoms with Crippen LogP contribution in [-0.2, 0) is 19.6 Å². The number of halogens is 4. The summed E-state index contributed by atoms with van der Waals surface area (Å²) >= 11 is 9.67. The van der Waals surface area contributed by atoms with Crippen LogP contribution in [0.2, 0.25) is 5.02 Å². The number of ether oxygens (including phenoxy) is 2. The monoisotopic (exact) mass is 495 g/mol. The number of methoxy groups -OCH3 is 1. The van der Waals surface area contributed by atoms with Gasteiger partial charge in [-0.15, -0.1) is 0 Å². The van der Waals surface area contributed by atoms with Gasteiger partial charge in [-0.3, -0.25) is 0 Å². The molecule has 3 aromatic rings. The van der Waals surface area contributed by atoms with Gasteiger partial charge < -0.3 is 14.8 Å². The topological polar surface area (TPSA) is 30.5 Å². The van der Waals surface area contributed by atoms with Crippen LogP contribution in [0.15, 0.2) is 59.1 Å². The fourth-order valence-electron chi connectivity index (χ4n) is 2.99. The van der Waals surface area contributed by atoms with E-state index in [4.69, 9.17) is 21.1 Å². The van der Waals surface area contributed by atoms with Crippen molar-refractivity contribution in [2.75, 3.05) is 13.7 Å². The van der Waals surface area contributed by atoms with Crippen molar-refractivity contribution < 1.29 is 18.3 Å². The molecule has 0 unspecified atom stereocenters. The second kappa shape index (κ2) is 10.8. The van der Waals surface area contributed by atoms with Crippen molar-refractivity contribution in [1.29, 1.82) is 0 Å². The number of hydrogen-bond donors (Lipinski definition) is 1. The Balaban J connectivity index is 1.71. The van der Waals surface area contributed by atoms with Crippen LogP contribution >= 0.6 is 27.5 Å². The van der Waals surface area contributed by atoms with Crippen LogP contribution in [-0.4, -0.2) is 13.7 Å². The normalized spacial score (nSPS) is 10.8. The third-order valence-electron chi connectivity index (χ3n) is 4.60. The highest BCUT2D eigenvalue weighted by molar-refractivity contribution is 9.10. The zero-order chi connectivity index (χ0) is 21.5. The summed E-state index contributed by atoms with van der Waals surface area (Å²) in [7, 11) is 1.57. The van der Waals surface area contributed by atoms with E-state index in [2.05, 4.69) is 21.2 Å². The molecule has 0 bridgehead atoms. The van der Waals surface area contributed by atoms with Gasteiger partial charge in [-0.1, -0.05) is 51.8 Å². The summed E-state index contributed by atoms with van der Waals surface area (Å²) in [4.78, 5) is 0. The molecule has 0 fully saturated rings. The van der Waals surface area contributed by atoms with Crippen molar-refractivity contribution in [2.24, 2.45) is 0 Å². The molecule has 0 atom stereocenters. The van der Waals surface area contributed by atoms with Crippen molar-refractivity contribution in [1.82, 2.24) is 5.32 Å². The van der Waals surface area contributed by atoms with E-state index in [9.17, 15) is 8.78 Å². The highest BCUT2D eigenvalue weighted by Crippen LogP contribution is 2.37. The largest absolute Gasteiger partial charge is 0.493 e. The Hall–Kier alpha value is -2.15. The molecule has 0 heterocycles. The van der Waals surface area contributed by atoms with E-state index in [0.717, 1.165) is 10.0 Å². The molecule has 1 N–H and O–H groups in total. The molecule has 3 rings (SSSR count). The molecule has 0 spiro atoms. The van der Waals surface area contributed by atoms with E-state index in [1.807, 2.05) is 12.1 Å². The van der Waals surface area contributed by atoms with Crippen LogP contribution in [0.4, 0.5) is 8.78 Å². The van der Waals surface area contributed by atoms with Crippen LogP contribution in [0.5, 0.6) is 11.5 Å². The van der Waals surface area contributed by atoms with Crippen molar-refractivity contribution >= 4 is 27.5 Å². The Labute approximate surface area is 188 Å². The molecule has 0 aliphatic carbocycles. The SMILES string of the molecule is COc1ccc(Br)c(CNCCc2ccccc2F)c1OCc1ccc(F)cc1Cl. The van der Waals surface area contributed by atoms with E-state index in [-0.39, 0.29) is 12.4 Å². The summed E-state index contributed by atoms with van der Waals surface area (Å²) in [5, 5.41) is 3.62. The minimum absolute atomic E-state index is 0.161. The second-order valence-electron chi connectivity index (χ2n) is 6.60. The molecule has 30 heavy (non-hydrogen) atoms. The standard InChI is InChI=1S/C23H21BrClF2NO2/c1-29-22-9-8-19(24)18(13-28-11-10-15-4-2-3-5-21(15)27)23(22)30-14-16-6-7-17(26)12-20(16)25/h2-9,12,28H,10-11,13-14H2,1H3. The maximum Gasteiger partial charge on any atom is 0.167 e. The van der Waals surface area contributed by atoms with Gasteiger partial charge in [-0.25, -0.2) is 8.78 Å². The predicted molar refractivity (Wildman–Crippen MR) is 118 cm³/mol. The highest BCUT2D eigenvalue weighted by Gasteiger charge is 2.15. The van der Waals surface area contributed by atoms with Crippen molar-refractivity contribution in [3.8, 4) is 11.5 Å². The summed E-state index contributed by atoms with van der Waals surface area (Å²) in [6, 6.07) is 14.6. The van der Waals surface area contributed by atoms with Crippen molar-refractivity contribution in [3.63, 3.8) is 0 Å². The Morgan fingerprint density at radius 2 is 1.83 bits per heavy atom. The lowest BCUT2D eigenvalue weighted by Gasteiger charge is -2.18. The Morgan fingerprint density at radius 3 is 2.57 bits per heavy atom. The zero-order valence-corrected chi connectivity index (χ0v) is 18.7. The first-order valence-corrected chi connectivity index (χ1v) is 10.5. The fourth-order valence-corrected chi connectivity index (χ4v) is 3.67. The number of hydrogen-bond acceptors (Lipinski definition) is 3. The molecular weight excluding hydrogens is 476 g/mol. The van der Waals surface area contributed by atoms with Crippen molar-refractivity contribution in [2.45, 2.75) is 19.6 Å². The molecule has 0 amide bonds. The van der Waals surface area contributed by atoms with Gasteiger partial charge in [0.1, 0.15) is 18.2 Å². The third kappa shape index (κ3) is 5.72. The van der Waals surface area contributed by atoms with Gasteiger partial charge in [0.2, 0.25) is 0 Å². The average Bonchev–Trinajstić information content (AvgIpc) is 2.73. The van der Waals surface area contributed by atoms with E-state index < -0.39 is 5.82 Å². The molecule has 0 saturated carbocycles. The quantitative estimate of drug-likeness (QED) is 0.353. The molecule has 0 saturated heterocycles. The maximum atomic E-state index is 13.8. The number of rotatable bonds is 9. The van der Waals surface area contributed by atoms with E-state index in [0.29, 0.717) is 47.2 Å². The van der Waals surface area contributed by atoms with Crippen LogP contribution in [0.1, 0.15) is 16.7 Å². The number of nitrogens with one attached hydrogen (secondary N) is 1. The maximum absolute atomic E-state index is 13.8. The smallest absolute Gasteiger partial charge is 0.167 e. The summed E-state index contributed by atoms with van der Waals surface area (Å²) in [6.45, 7) is 1.24. The van der Waals surface area contributed by atoms with Gasteiger partial charge in [-0.05, 0) is 48.9 Å². The van der Waals surface area contributed by atoms with Gasteiger partial charge in [0.05, 0.1) is 12.1 Å². The highest BCUT2D eigenvalue weighted by atomic mass is 79.9. The van der Waals surface area contributed by atoms with Gasteiger partial charge >= 0.3 is 0 Å². The minimum atomic E-state index is -0.400. The zero-order valence-electron chi connectivity index (χ0n) is 16.4. The third-order valence-corrected chi connectivity index (χ3v) is 5.70. The first-order valence-electron chi connectivity index (χ1n) is 9.35. The molecule has 0 radical (unpaired) electrons. The summed E-state index contributed by atoms with van der Waals surface area (Å²) in [6.07, 6.45) is 0.565. The number of benzene rings is 3. The first-order chi connectivity index (χ1) is 14.5. The summed E-state index contributed by atoms with van der Waals surface area (Å²) in [5.41, 5.74) is 2.19. The van der Waals surface area contributed by atoms with Crippen LogP contribution in [0.3, 0.4) is 0 Å². The molecule has 0 aliphatic heterocycles. The van der Waals surface area contributed by atoms with E-state index in [1.54, 1.807) is 31.4 Å². The summed E-state index contributed by atoms with van der Waals surface area (Å²) in [5.74, 6) is 0.526. The van der Waals surface area contributed by atoms with Gasteiger partial charge in [0.25, 0.3) is 0 Å². The lowest BCUT2D eigenvalue weighted by molar-refractivity contribution is 0.280. The van der Waals surface area contributed by atoms with Crippen LogP contribution in [0, 0.1) is 11.6 Å². The van der Waals surface area contributed by atoms with E-state index in [1.165, 1.54) is 18.2 Å². The van der Waals surface area contributed by atoms with Crippen LogP contribution < -0.4 is 14.8 Å². The Morgan fingerprint density at radius 1 is 1.03 bits per heavy atom. The molecule has 7 heteroatoms. The van der Waals surface area contributed by atoms with Crippen LogP contribution in [0.25, 0.3) is 0 Å². The lowest BCUT2D eigenvalue weighted by atomic mass is 10.1. The van der Waals surface area contributed by atoms with Crippen molar-refractivity contribution in [3.05, 3.63) is 92.4 Å². The molecular formula is C23H21BrClF2NO2. The van der Waals surface area contributed by atoms with Gasteiger partial charge in [0, 0.05) is 22.1 Å². The Kier molecular flexibility index (Phi) is 8.08. The summed E-state index contributed by atoms with van der Waals surface area (Å²) < 4.78 is 39.4. The first kappa shape index (κ1) is 22.5. The minimum Gasteiger partial charge on any atom is -0.493 e. The molecule has 0 aromatic heterocycles. The molecule has 3 nitrogen and oxygen atoms in total. The molecule has 3 aromatic carbocycles. The second-order valence-corrected chi connectivity index (χ2v) is 7.86. The van der Waals surface area contributed by atoms with Gasteiger partial charge in [0.15, 0.2) is 11.5 Å². The predicted octanol–water partition coefficient (Wildman–Crippen LogP) is 6.30. The van der Waals surface area contributed by atoms with E-state index >= 15 is 0 Å². The Bertz CT molecular complexity index is 1020. The lowest BCUT2D eigenvalue weighted by Crippen LogP contribution is -2.18. The molecule has 0 aliphatic rings. The fraction of sp³-hybridized carbons (Fsp3) is 0.217. The molecule has 158 valence electrons. The van der Waals surface area contributed by atoms with Gasteiger partial charge in [-0.2, -0.15) is 0 Å². The average molecular weight is 497 g/mol.